The third-order valence-electron chi connectivity index (χ3n) is 10.3. The molecule has 2 aromatic heterocycles. The summed E-state index contributed by atoms with van der Waals surface area (Å²) in [5, 5.41) is 9.91. The van der Waals surface area contributed by atoms with Gasteiger partial charge in [0.05, 0.1) is 16.8 Å². The molecule has 5 aromatic rings. The minimum atomic E-state index is -0.986. The van der Waals surface area contributed by atoms with Crippen LogP contribution in [0.25, 0.3) is 5.82 Å². The lowest BCUT2D eigenvalue weighted by Crippen LogP contribution is -2.54. The Kier molecular flexibility index (Phi) is 8.73. The molecule has 53 heavy (non-hydrogen) atoms. The molecule has 12 heteroatoms. The minimum Gasteiger partial charge on any atom is -0.490 e. The number of aromatic nitrogens is 3. The fourth-order valence-corrected chi connectivity index (χ4v) is 7.09. The van der Waals surface area contributed by atoms with Gasteiger partial charge in [-0.25, -0.2) is 9.67 Å². The van der Waals surface area contributed by atoms with Gasteiger partial charge < -0.3 is 14.8 Å². The number of carbonyl (C=O) groups is 4. The summed E-state index contributed by atoms with van der Waals surface area (Å²) in [6, 6.07) is 28.3. The van der Waals surface area contributed by atoms with Gasteiger partial charge in [0.2, 0.25) is 11.8 Å². The van der Waals surface area contributed by atoms with Crippen LogP contribution in [0.5, 0.6) is 11.5 Å². The van der Waals surface area contributed by atoms with Gasteiger partial charge >= 0.3 is 0 Å². The molecule has 0 spiro atoms. The van der Waals surface area contributed by atoms with E-state index in [1.54, 1.807) is 29.1 Å². The Morgan fingerprint density at radius 3 is 2.26 bits per heavy atom. The number of rotatable bonds is 11. The van der Waals surface area contributed by atoms with E-state index in [1.807, 2.05) is 54.7 Å². The van der Waals surface area contributed by atoms with Gasteiger partial charge in [0.15, 0.2) is 5.82 Å². The Morgan fingerprint density at radius 2 is 1.57 bits per heavy atom. The number of hydrogen-bond acceptors (Lipinski definition) is 9. The van der Waals surface area contributed by atoms with Crippen LogP contribution in [-0.4, -0.2) is 61.5 Å². The van der Waals surface area contributed by atoms with E-state index in [0.29, 0.717) is 6.61 Å². The van der Waals surface area contributed by atoms with Gasteiger partial charge in [0.25, 0.3) is 11.8 Å². The average molecular weight is 711 g/mol. The number of nitrogens with one attached hydrogen (secondary N) is 2. The van der Waals surface area contributed by atoms with Gasteiger partial charge in [-0.05, 0) is 78.2 Å². The summed E-state index contributed by atoms with van der Waals surface area (Å²) in [6.45, 7) is 4.74. The zero-order valence-corrected chi connectivity index (χ0v) is 29.3. The topological polar surface area (TPSA) is 145 Å². The molecule has 2 fully saturated rings. The lowest BCUT2D eigenvalue weighted by atomic mass is 9.78. The first-order valence-electron chi connectivity index (χ1n) is 17.7. The monoisotopic (exact) mass is 710 g/mol. The second-order valence-electron chi connectivity index (χ2n) is 14.2. The van der Waals surface area contributed by atoms with Gasteiger partial charge in [0, 0.05) is 48.8 Å². The number of carbonyl (C=O) groups excluding carboxylic acids is 4. The molecule has 1 saturated carbocycles. The second-order valence-corrected chi connectivity index (χ2v) is 14.2. The molecule has 4 amide bonds. The Hall–Kier alpha value is -6.30. The molecular weight excluding hydrogens is 672 g/mol. The number of anilines is 1. The maximum Gasteiger partial charge on any atom is 0.262 e. The molecule has 4 heterocycles. The van der Waals surface area contributed by atoms with E-state index in [4.69, 9.17) is 9.47 Å². The molecule has 8 rings (SSSR count). The van der Waals surface area contributed by atoms with Crippen molar-refractivity contribution in [3.05, 3.63) is 131 Å². The maximum absolute atomic E-state index is 13.2. The normalized spacial score (nSPS) is 19.7. The van der Waals surface area contributed by atoms with Crippen molar-refractivity contribution >= 4 is 29.3 Å². The fraction of sp³-hybridized carbons (Fsp3) is 0.268. The van der Waals surface area contributed by atoms with Gasteiger partial charge in [-0.2, -0.15) is 5.10 Å². The van der Waals surface area contributed by atoms with E-state index in [9.17, 15) is 19.2 Å². The molecule has 0 radical (unpaired) electrons. The Bertz CT molecular complexity index is 2190. The van der Waals surface area contributed by atoms with Crippen LogP contribution >= 0.6 is 0 Å². The molecular formula is C41H38N6O6. The summed E-state index contributed by atoms with van der Waals surface area (Å²) >= 11 is 0. The van der Waals surface area contributed by atoms with E-state index < -0.39 is 29.7 Å². The van der Waals surface area contributed by atoms with Crippen molar-refractivity contribution in [2.45, 2.75) is 69.7 Å². The second kappa shape index (κ2) is 13.7. The number of hydrogen-bond donors (Lipinski definition) is 2. The van der Waals surface area contributed by atoms with Crippen molar-refractivity contribution in [2.75, 3.05) is 5.32 Å². The summed E-state index contributed by atoms with van der Waals surface area (Å²) in [6.07, 6.45) is 5.38. The highest BCUT2D eigenvalue weighted by Gasteiger charge is 2.45. The Labute approximate surface area is 306 Å². The molecule has 2 N–H and O–H groups in total. The molecule has 1 aliphatic carbocycles. The number of nitrogens with zero attached hydrogens (tertiary/aromatic N) is 4. The van der Waals surface area contributed by atoms with Crippen LogP contribution in [0.4, 0.5) is 5.69 Å². The molecule has 1 atom stereocenters. The van der Waals surface area contributed by atoms with E-state index >= 15 is 0 Å². The third-order valence-corrected chi connectivity index (χ3v) is 10.3. The van der Waals surface area contributed by atoms with Crippen LogP contribution in [0.1, 0.15) is 77.1 Å². The molecule has 1 unspecified atom stereocenters. The van der Waals surface area contributed by atoms with Crippen molar-refractivity contribution in [1.82, 2.24) is 25.0 Å². The highest BCUT2D eigenvalue weighted by molar-refractivity contribution is 6.23. The van der Waals surface area contributed by atoms with Crippen LogP contribution in [0.15, 0.2) is 103 Å². The summed E-state index contributed by atoms with van der Waals surface area (Å²) in [7, 11) is 0. The number of ether oxygens (including phenoxy) is 2. The van der Waals surface area contributed by atoms with Gasteiger partial charge in [-0.3, -0.25) is 29.4 Å². The van der Waals surface area contributed by atoms with Crippen LogP contribution in [-0.2, 0) is 21.6 Å². The lowest BCUT2D eigenvalue weighted by Gasteiger charge is -2.36. The molecule has 0 bridgehead atoms. The summed E-state index contributed by atoms with van der Waals surface area (Å²) in [4.78, 5) is 55.7. The fourth-order valence-electron chi connectivity index (χ4n) is 7.09. The first-order chi connectivity index (χ1) is 25.6. The zero-order valence-electron chi connectivity index (χ0n) is 29.3. The summed E-state index contributed by atoms with van der Waals surface area (Å²) in [5.74, 6) is 0.257. The zero-order chi connectivity index (χ0) is 36.7. The van der Waals surface area contributed by atoms with Crippen LogP contribution in [0, 0.1) is 0 Å². The predicted molar refractivity (Wildman–Crippen MR) is 195 cm³/mol. The highest BCUT2D eigenvalue weighted by atomic mass is 16.5. The van der Waals surface area contributed by atoms with Gasteiger partial charge in [-0.15, -0.1) is 0 Å². The number of imide groups is 2. The summed E-state index contributed by atoms with van der Waals surface area (Å²) < 4.78 is 14.0. The first kappa shape index (κ1) is 33.8. The van der Waals surface area contributed by atoms with Gasteiger partial charge in [0.1, 0.15) is 30.3 Å². The van der Waals surface area contributed by atoms with Gasteiger partial charge in [-0.1, -0.05) is 44.2 Å². The van der Waals surface area contributed by atoms with Crippen molar-refractivity contribution in [2.24, 2.45) is 0 Å². The molecule has 2 aliphatic heterocycles. The molecule has 268 valence electrons. The third kappa shape index (κ3) is 6.75. The van der Waals surface area contributed by atoms with Crippen molar-refractivity contribution in [3.8, 4) is 17.3 Å². The number of amides is 4. The standard InChI is InChI=1S/C41H38N6O6/c1-41(2,25-7-12-30(13-8-25)52-24-28-5-3-6-36(44-28)46-20-4-19-42-46)26-9-14-31(15-10-26)53-32-21-29(22-32)43-27-11-16-33-34(23-27)40(51)47(39(33)50)35-17-18-37(48)45-38(35)49/h3-16,19-20,23,29,32,35,43H,17-18,21-22,24H2,1-2H3,(H,45,48,49)/t29-,32-,35?. The SMILES string of the molecule is CC(C)(c1ccc(OCc2cccc(-n3cccn3)n2)cc1)c1ccc(O[C@H]2C[C@H](Nc3ccc4c(c3)C(=O)N(C3CCC(=O)NC3=O)C4=O)C2)cc1. The van der Waals surface area contributed by atoms with Crippen molar-refractivity contribution < 1.29 is 28.7 Å². The smallest absolute Gasteiger partial charge is 0.262 e. The number of fused-ring (bicyclic) bond motifs is 1. The van der Waals surface area contributed by atoms with Crippen LogP contribution in [0.2, 0.25) is 0 Å². The van der Waals surface area contributed by atoms with Crippen LogP contribution < -0.4 is 20.1 Å². The lowest BCUT2D eigenvalue weighted by molar-refractivity contribution is -0.136. The molecule has 12 nitrogen and oxygen atoms in total. The van der Waals surface area contributed by atoms with E-state index in [1.165, 1.54) is 0 Å². The van der Waals surface area contributed by atoms with Crippen LogP contribution in [0.3, 0.4) is 0 Å². The first-order valence-corrected chi connectivity index (χ1v) is 17.7. The van der Waals surface area contributed by atoms with Crippen molar-refractivity contribution in [3.63, 3.8) is 0 Å². The van der Waals surface area contributed by atoms with E-state index in [-0.39, 0.29) is 41.5 Å². The minimum absolute atomic E-state index is 0.0443. The molecule has 3 aliphatic rings. The largest absolute Gasteiger partial charge is 0.490 e. The number of pyridine rings is 1. The quantitative estimate of drug-likeness (QED) is 0.168. The highest BCUT2D eigenvalue weighted by Crippen LogP contribution is 2.36. The Morgan fingerprint density at radius 1 is 0.849 bits per heavy atom. The molecule has 3 aromatic carbocycles. The van der Waals surface area contributed by atoms with Crippen molar-refractivity contribution in [1.29, 1.82) is 0 Å². The predicted octanol–water partition coefficient (Wildman–Crippen LogP) is 5.60. The number of benzene rings is 3. The molecule has 1 saturated heterocycles. The summed E-state index contributed by atoms with van der Waals surface area (Å²) in [5.41, 5.74) is 4.12. The van der Waals surface area contributed by atoms with E-state index in [2.05, 4.69) is 58.8 Å². The average Bonchev–Trinajstić information content (AvgIpc) is 3.77. The number of piperidine rings is 1. The Balaban J connectivity index is 0.823. The maximum atomic E-state index is 13.2. The van der Waals surface area contributed by atoms with E-state index in [0.717, 1.165) is 57.6 Å².